The molecule has 4 nitrogen and oxygen atoms in total. The second kappa shape index (κ2) is 6.97. The molecule has 0 spiro atoms. The number of nitrogens with zero attached hydrogens (tertiary/aromatic N) is 1. The molecule has 0 aliphatic carbocycles. The van der Waals surface area contributed by atoms with Crippen molar-refractivity contribution in [1.29, 1.82) is 5.26 Å². The molecule has 0 amide bonds. The van der Waals surface area contributed by atoms with Gasteiger partial charge in [0.05, 0.1) is 18.7 Å². The smallest absolute Gasteiger partial charge is 0.202 e. The van der Waals surface area contributed by atoms with Crippen LogP contribution >= 0.6 is 11.6 Å². The van der Waals surface area contributed by atoms with E-state index < -0.39 is 6.10 Å². The topological polar surface area (TPSA) is 59.3 Å². The Morgan fingerprint density at radius 2 is 1.86 bits per heavy atom. The molecule has 2 aromatic carbocycles. The molecule has 0 aromatic heterocycles. The molecule has 2 aromatic rings. The van der Waals surface area contributed by atoms with Crippen LogP contribution in [0.15, 0.2) is 42.5 Å². The summed E-state index contributed by atoms with van der Waals surface area (Å²) in [6.07, 6.45) is -0.692. The molecule has 0 aliphatic heterocycles. The molecule has 0 unspecified atom stereocenters. The Hall–Kier alpha value is -2.51. The Morgan fingerprint density at radius 3 is 2.45 bits per heavy atom. The molecule has 22 heavy (non-hydrogen) atoms. The van der Waals surface area contributed by atoms with E-state index in [0.717, 1.165) is 0 Å². The van der Waals surface area contributed by atoms with E-state index in [1.807, 2.05) is 6.07 Å². The van der Waals surface area contributed by atoms with Gasteiger partial charge in [0.2, 0.25) is 5.78 Å². The highest BCUT2D eigenvalue weighted by Gasteiger charge is 2.18. The van der Waals surface area contributed by atoms with Gasteiger partial charge in [0.1, 0.15) is 0 Å². The third kappa shape index (κ3) is 3.57. The summed E-state index contributed by atoms with van der Waals surface area (Å²) in [5, 5.41) is 9.45. The van der Waals surface area contributed by atoms with Crippen molar-refractivity contribution in [2.75, 3.05) is 7.11 Å². The highest BCUT2D eigenvalue weighted by atomic mass is 35.5. The molecule has 0 saturated carbocycles. The van der Waals surface area contributed by atoms with Gasteiger partial charge in [0.15, 0.2) is 17.6 Å². The number of Topliss-reactive ketones (excluding diaryl/α,β-unsaturated/α-hetero) is 1. The molecule has 2 rings (SSSR count). The number of hydrogen-bond donors (Lipinski definition) is 0. The Kier molecular flexibility index (Phi) is 5.03. The van der Waals surface area contributed by atoms with Gasteiger partial charge in [-0.3, -0.25) is 4.79 Å². The van der Waals surface area contributed by atoms with Gasteiger partial charge in [0, 0.05) is 16.7 Å². The van der Waals surface area contributed by atoms with E-state index >= 15 is 0 Å². The fraction of sp³-hybridized carbons (Fsp3) is 0.176. The first-order chi connectivity index (χ1) is 10.5. The first-order valence-electron chi connectivity index (χ1n) is 6.59. The fourth-order valence-electron chi connectivity index (χ4n) is 1.93. The van der Waals surface area contributed by atoms with Gasteiger partial charge in [0.25, 0.3) is 0 Å². The lowest BCUT2D eigenvalue weighted by Crippen LogP contribution is -2.24. The maximum Gasteiger partial charge on any atom is 0.202 e. The SMILES string of the molecule is COc1cc(C#N)ccc1O[C@@H](C)C(=O)c1ccc(Cl)cc1. The predicted molar refractivity (Wildman–Crippen MR) is 83.6 cm³/mol. The quantitative estimate of drug-likeness (QED) is 0.786. The van der Waals surface area contributed by atoms with Crippen LogP contribution in [-0.2, 0) is 0 Å². The first-order valence-corrected chi connectivity index (χ1v) is 6.97. The van der Waals surface area contributed by atoms with E-state index in [1.165, 1.54) is 7.11 Å². The van der Waals surface area contributed by atoms with E-state index in [4.69, 9.17) is 26.3 Å². The first kappa shape index (κ1) is 15.9. The fourth-order valence-corrected chi connectivity index (χ4v) is 2.05. The van der Waals surface area contributed by atoms with Gasteiger partial charge < -0.3 is 9.47 Å². The van der Waals surface area contributed by atoms with Gasteiger partial charge in [-0.25, -0.2) is 0 Å². The van der Waals surface area contributed by atoms with Gasteiger partial charge in [-0.05, 0) is 43.3 Å². The van der Waals surface area contributed by atoms with E-state index in [2.05, 4.69) is 0 Å². The molecular weight excluding hydrogens is 302 g/mol. The summed E-state index contributed by atoms with van der Waals surface area (Å²) < 4.78 is 10.9. The van der Waals surface area contributed by atoms with Crippen LogP contribution < -0.4 is 9.47 Å². The van der Waals surface area contributed by atoms with E-state index in [9.17, 15) is 4.79 Å². The summed E-state index contributed by atoms with van der Waals surface area (Å²) in [6.45, 7) is 1.66. The van der Waals surface area contributed by atoms with E-state index in [0.29, 0.717) is 27.6 Å². The number of ether oxygens (including phenoxy) is 2. The molecule has 0 fully saturated rings. The second-order valence-corrected chi connectivity index (χ2v) is 5.05. The maximum atomic E-state index is 12.3. The lowest BCUT2D eigenvalue weighted by Gasteiger charge is -2.16. The summed E-state index contributed by atoms with van der Waals surface area (Å²) in [6, 6.07) is 13.4. The number of benzene rings is 2. The van der Waals surface area contributed by atoms with Gasteiger partial charge >= 0.3 is 0 Å². The normalized spacial score (nSPS) is 11.4. The highest BCUT2D eigenvalue weighted by molar-refractivity contribution is 6.30. The molecule has 1 atom stereocenters. The molecule has 0 aliphatic rings. The Labute approximate surface area is 133 Å². The molecule has 0 bridgehead atoms. The van der Waals surface area contributed by atoms with Gasteiger partial charge in [-0.1, -0.05) is 11.6 Å². The molecule has 0 heterocycles. The van der Waals surface area contributed by atoms with E-state index in [-0.39, 0.29) is 5.78 Å². The van der Waals surface area contributed by atoms with Crippen molar-refractivity contribution >= 4 is 17.4 Å². The predicted octanol–water partition coefficient (Wildman–Crippen LogP) is 3.87. The minimum atomic E-state index is -0.692. The summed E-state index contributed by atoms with van der Waals surface area (Å²) >= 11 is 5.81. The number of nitriles is 1. The number of ketones is 1. The Morgan fingerprint density at radius 1 is 1.18 bits per heavy atom. The molecule has 0 N–H and O–H groups in total. The number of carbonyl (C=O) groups excluding carboxylic acids is 1. The average Bonchev–Trinajstić information content (AvgIpc) is 2.55. The van der Waals surface area contributed by atoms with E-state index in [1.54, 1.807) is 49.4 Å². The zero-order chi connectivity index (χ0) is 16.1. The lowest BCUT2D eigenvalue weighted by molar-refractivity contribution is 0.0814. The monoisotopic (exact) mass is 315 g/mol. The molecule has 5 heteroatoms. The van der Waals surface area contributed by atoms with Crippen LogP contribution in [0.25, 0.3) is 0 Å². The summed E-state index contributed by atoms with van der Waals surface area (Å²) in [4.78, 5) is 12.3. The number of rotatable bonds is 5. The van der Waals surface area contributed by atoms with Crippen LogP contribution in [0, 0.1) is 11.3 Å². The van der Waals surface area contributed by atoms with Crippen molar-refractivity contribution in [2.24, 2.45) is 0 Å². The second-order valence-electron chi connectivity index (χ2n) is 4.61. The molecule has 0 saturated heterocycles. The number of carbonyl (C=O) groups is 1. The maximum absolute atomic E-state index is 12.3. The van der Waals surface area contributed by atoms with Crippen LogP contribution in [0.1, 0.15) is 22.8 Å². The zero-order valence-corrected chi connectivity index (χ0v) is 12.9. The Bertz CT molecular complexity index is 720. The van der Waals surface area contributed by atoms with Crippen molar-refractivity contribution in [3.63, 3.8) is 0 Å². The number of methoxy groups -OCH3 is 1. The summed E-state index contributed by atoms with van der Waals surface area (Å²) in [7, 11) is 1.48. The zero-order valence-electron chi connectivity index (χ0n) is 12.2. The van der Waals surface area contributed by atoms with Crippen molar-refractivity contribution in [3.05, 3.63) is 58.6 Å². The van der Waals surface area contributed by atoms with Crippen LogP contribution in [0.2, 0.25) is 5.02 Å². The number of hydrogen-bond acceptors (Lipinski definition) is 4. The average molecular weight is 316 g/mol. The lowest BCUT2D eigenvalue weighted by atomic mass is 10.1. The minimum absolute atomic E-state index is 0.164. The number of halogens is 1. The summed E-state index contributed by atoms with van der Waals surface area (Å²) in [5.74, 6) is 0.661. The Balaban J connectivity index is 2.18. The molecular formula is C17H14ClNO3. The van der Waals surface area contributed by atoms with Crippen LogP contribution in [0.3, 0.4) is 0 Å². The van der Waals surface area contributed by atoms with Crippen molar-refractivity contribution in [3.8, 4) is 17.6 Å². The van der Waals surface area contributed by atoms with Crippen molar-refractivity contribution in [2.45, 2.75) is 13.0 Å². The summed E-state index contributed by atoms with van der Waals surface area (Å²) in [5.41, 5.74) is 0.977. The van der Waals surface area contributed by atoms with Crippen LogP contribution in [0.4, 0.5) is 0 Å². The van der Waals surface area contributed by atoms with Crippen molar-refractivity contribution in [1.82, 2.24) is 0 Å². The van der Waals surface area contributed by atoms with Gasteiger partial charge in [-0.15, -0.1) is 0 Å². The van der Waals surface area contributed by atoms with Crippen LogP contribution in [0.5, 0.6) is 11.5 Å². The van der Waals surface area contributed by atoms with Gasteiger partial charge in [-0.2, -0.15) is 5.26 Å². The largest absolute Gasteiger partial charge is 0.493 e. The highest BCUT2D eigenvalue weighted by Crippen LogP contribution is 2.29. The third-order valence-electron chi connectivity index (χ3n) is 3.09. The molecule has 112 valence electrons. The standard InChI is InChI=1S/C17H14ClNO3/c1-11(17(20)13-4-6-14(18)7-5-13)22-15-8-3-12(10-19)9-16(15)21-2/h3-9,11H,1-2H3/t11-/m0/s1. The van der Waals surface area contributed by atoms with Crippen LogP contribution in [-0.4, -0.2) is 19.0 Å². The molecule has 0 radical (unpaired) electrons. The minimum Gasteiger partial charge on any atom is -0.493 e. The van der Waals surface area contributed by atoms with Crippen molar-refractivity contribution < 1.29 is 14.3 Å². The third-order valence-corrected chi connectivity index (χ3v) is 3.35.